The lowest BCUT2D eigenvalue weighted by Gasteiger charge is -2.31. The molecule has 2 aliphatic rings. The van der Waals surface area contributed by atoms with Crippen molar-refractivity contribution >= 4 is 29.0 Å². The summed E-state index contributed by atoms with van der Waals surface area (Å²) in [4.78, 5) is 30.9. The van der Waals surface area contributed by atoms with Crippen LogP contribution >= 0.6 is 12.2 Å². The molecule has 6 heteroatoms. The lowest BCUT2D eigenvalue weighted by Crippen LogP contribution is -2.40. The second kappa shape index (κ2) is 6.16. The first kappa shape index (κ1) is 15.6. The van der Waals surface area contributed by atoms with Crippen molar-refractivity contribution in [3.05, 3.63) is 39.4 Å². The van der Waals surface area contributed by atoms with Gasteiger partial charge in [0, 0.05) is 12.6 Å². The topological polar surface area (TPSA) is 58.1 Å². The Labute approximate surface area is 145 Å². The van der Waals surface area contributed by atoms with Gasteiger partial charge in [-0.15, -0.1) is 0 Å². The second-order valence-electron chi connectivity index (χ2n) is 6.78. The highest BCUT2D eigenvalue weighted by Gasteiger charge is 2.38. The van der Waals surface area contributed by atoms with Crippen molar-refractivity contribution in [2.45, 2.75) is 50.6 Å². The third kappa shape index (κ3) is 2.49. The summed E-state index contributed by atoms with van der Waals surface area (Å²) in [6.07, 6.45) is 6.46. The summed E-state index contributed by atoms with van der Waals surface area (Å²) in [5.74, 6) is 0.0544. The third-order valence-electron chi connectivity index (χ3n) is 5.38. The van der Waals surface area contributed by atoms with E-state index in [-0.39, 0.29) is 11.5 Å². The minimum Gasteiger partial charge on any atom is -0.338 e. The van der Waals surface area contributed by atoms with E-state index in [4.69, 9.17) is 12.2 Å². The molecule has 1 aliphatic heterocycles. The van der Waals surface area contributed by atoms with Crippen LogP contribution in [0.4, 0.5) is 0 Å². The van der Waals surface area contributed by atoms with Gasteiger partial charge in [-0.2, -0.15) is 0 Å². The fourth-order valence-corrected chi connectivity index (χ4v) is 4.46. The van der Waals surface area contributed by atoms with E-state index in [1.807, 2.05) is 23.1 Å². The van der Waals surface area contributed by atoms with E-state index in [1.165, 1.54) is 23.8 Å². The summed E-state index contributed by atoms with van der Waals surface area (Å²) in [6.45, 7) is 0.724. The molecule has 0 unspecified atom stereocenters. The Morgan fingerprint density at radius 3 is 2.58 bits per heavy atom. The van der Waals surface area contributed by atoms with E-state index >= 15 is 0 Å². The zero-order valence-corrected chi connectivity index (χ0v) is 14.3. The molecule has 1 saturated heterocycles. The second-order valence-corrected chi connectivity index (χ2v) is 7.17. The number of para-hydroxylation sites is 1. The number of aromatic amines is 1. The Balaban J connectivity index is 1.72. The average molecular weight is 343 g/mol. The minimum atomic E-state index is -0.465. The maximum atomic E-state index is 13.0. The molecule has 2 fully saturated rings. The highest BCUT2D eigenvalue weighted by atomic mass is 32.1. The molecule has 2 heterocycles. The average Bonchev–Trinajstić information content (AvgIpc) is 2.97. The van der Waals surface area contributed by atoms with Crippen LogP contribution in [-0.2, 0) is 4.79 Å². The molecule has 4 rings (SSSR count). The first-order valence-corrected chi connectivity index (χ1v) is 9.11. The number of hydrogen-bond acceptors (Lipinski definition) is 3. The number of rotatable bonds is 2. The van der Waals surface area contributed by atoms with Crippen LogP contribution in [-0.4, -0.2) is 32.9 Å². The number of fused-ring (bicyclic) bond motifs is 1. The molecule has 126 valence electrons. The van der Waals surface area contributed by atoms with Gasteiger partial charge in [0.15, 0.2) is 4.77 Å². The van der Waals surface area contributed by atoms with Crippen molar-refractivity contribution in [1.29, 1.82) is 0 Å². The lowest BCUT2D eigenvalue weighted by molar-refractivity contribution is -0.133. The molecule has 1 amide bonds. The molecule has 5 nitrogen and oxygen atoms in total. The van der Waals surface area contributed by atoms with Crippen molar-refractivity contribution in [2.75, 3.05) is 6.54 Å². The number of nitrogens with one attached hydrogen (secondary N) is 1. The summed E-state index contributed by atoms with van der Waals surface area (Å²) in [7, 11) is 0. The van der Waals surface area contributed by atoms with E-state index in [0.717, 1.165) is 24.9 Å². The maximum Gasteiger partial charge on any atom is 0.262 e. The number of carbonyl (C=O) groups excluding carboxylic acids is 1. The normalized spacial score (nSPS) is 22.4. The van der Waals surface area contributed by atoms with E-state index in [2.05, 4.69) is 4.98 Å². The number of benzene rings is 1. The van der Waals surface area contributed by atoms with Gasteiger partial charge in [-0.3, -0.25) is 14.2 Å². The zero-order chi connectivity index (χ0) is 16.7. The number of aromatic nitrogens is 2. The van der Waals surface area contributed by atoms with E-state index < -0.39 is 6.04 Å². The standard InChI is InChI=1S/C18H21N3O2S/c22-16-13-8-4-5-9-14(13)19-18(24)21(16)15-10-11-20(17(15)23)12-6-2-1-3-7-12/h4-5,8-9,12,15H,1-3,6-7,10-11H2,(H,19,24)/t15-/m0/s1. The molecule has 1 saturated carbocycles. The van der Waals surface area contributed by atoms with Crippen molar-refractivity contribution in [1.82, 2.24) is 14.5 Å². The molecule has 0 radical (unpaired) electrons. The molecule has 1 aromatic heterocycles. The monoisotopic (exact) mass is 343 g/mol. The number of amides is 1. The Bertz CT molecular complexity index is 895. The van der Waals surface area contributed by atoms with Gasteiger partial charge < -0.3 is 9.88 Å². The molecule has 1 atom stereocenters. The van der Waals surface area contributed by atoms with Gasteiger partial charge >= 0.3 is 0 Å². The lowest BCUT2D eigenvalue weighted by atomic mass is 9.94. The Morgan fingerprint density at radius 1 is 1.04 bits per heavy atom. The van der Waals surface area contributed by atoms with Crippen LogP contribution in [0.1, 0.15) is 44.6 Å². The highest BCUT2D eigenvalue weighted by molar-refractivity contribution is 7.71. The van der Waals surface area contributed by atoms with Gasteiger partial charge in [-0.25, -0.2) is 0 Å². The molecule has 0 bridgehead atoms. The van der Waals surface area contributed by atoms with Crippen LogP contribution in [0.2, 0.25) is 0 Å². The first-order chi connectivity index (χ1) is 11.7. The number of likely N-dealkylation sites (tertiary alicyclic amines) is 1. The summed E-state index contributed by atoms with van der Waals surface area (Å²) >= 11 is 5.39. The van der Waals surface area contributed by atoms with Gasteiger partial charge in [0.2, 0.25) is 5.91 Å². The zero-order valence-electron chi connectivity index (χ0n) is 13.5. The van der Waals surface area contributed by atoms with Crippen LogP contribution in [0.25, 0.3) is 10.9 Å². The van der Waals surface area contributed by atoms with Gasteiger partial charge in [0.05, 0.1) is 10.9 Å². The summed E-state index contributed by atoms with van der Waals surface area (Å²) < 4.78 is 1.82. The highest BCUT2D eigenvalue weighted by Crippen LogP contribution is 2.30. The van der Waals surface area contributed by atoms with Crippen molar-refractivity contribution in [3.63, 3.8) is 0 Å². The Hall–Kier alpha value is -1.95. The fraction of sp³-hybridized carbons (Fsp3) is 0.500. The largest absolute Gasteiger partial charge is 0.338 e. The number of nitrogens with zero attached hydrogens (tertiary/aromatic N) is 2. The van der Waals surface area contributed by atoms with Crippen molar-refractivity contribution in [3.8, 4) is 0 Å². The minimum absolute atomic E-state index is 0.0544. The van der Waals surface area contributed by atoms with E-state index in [1.54, 1.807) is 6.07 Å². The van der Waals surface area contributed by atoms with Crippen molar-refractivity contribution < 1.29 is 4.79 Å². The molecular formula is C18H21N3O2S. The smallest absolute Gasteiger partial charge is 0.262 e. The molecular weight excluding hydrogens is 322 g/mol. The number of H-pyrrole nitrogens is 1. The Kier molecular flexibility index (Phi) is 4.00. The number of hydrogen-bond donors (Lipinski definition) is 1. The van der Waals surface area contributed by atoms with E-state index in [0.29, 0.717) is 22.6 Å². The third-order valence-corrected chi connectivity index (χ3v) is 5.67. The summed E-state index contributed by atoms with van der Waals surface area (Å²) in [6, 6.07) is 7.18. The number of carbonyl (C=O) groups is 1. The van der Waals surface area contributed by atoms with Gasteiger partial charge in [-0.05, 0) is 43.6 Å². The SMILES string of the molecule is O=C1[C@@H](n2c(=S)[nH]c3ccccc3c2=O)CCN1C1CCCCC1. The molecule has 0 spiro atoms. The summed E-state index contributed by atoms with van der Waals surface area (Å²) in [5.41, 5.74) is 0.552. The summed E-state index contributed by atoms with van der Waals surface area (Å²) in [5, 5.41) is 0.579. The molecule has 24 heavy (non-hydrogen) atoms. The maximum absolute atomic E-state index is 13.0. The van der Waals surface area contributed by atoms with Gasteiger partial charge in [0.1, 0.15) is 6.04 Å². The van der Waals surface area contributed by atoms with Gasteiger partial charge in [0.25, 0.3) is 5.56 Å². The first-order valence-electron chi connectivity index (χ1n) is 8.71. The predicted octanol–water partition coefficient (Wildman–Crippen LogP) is 3.17. The fourth-order valence-electron chi connectivity index (χ4n) is 4.14. The van der Waals surface area contributed by atoms with Crippen LogP contribution in [0.15, 0.2) is 29.1 Å². The van der Waals surface area contributed by atoms with Crippen LogP contribution < -0.4 is 5.56 Å². The quantitative estimate of drug-likeness (QED) is 0.852. The van der Waals surface area contributed by atoms with E-state index in [9.17, 15) is 9.59 Å². The predicted molar refractivity (Wildman–Crippen MR) is 95.6 cm³/mol. The van der Waals surface area contributed by atoms with Gasteiger partial charge in [-0.1, -0.05) is 31.4 Å². The van der Waals surface area contributed by atoms with Crippen molar-refractivity contribution in [2.24, 2.45) is 0 Å². The van der Waals surface area contributed by atoms with Crippen LogP contribution in [0.3, 0.4) is 0 Å². The molecule has 1 aliphatic carbocycles. The van der Waals surface area contributed by atoms with Crippen LogP contribution in [0.5, 0.6) is 0 Å². The molecule has 1 N–H and O–H groups in total. The molecule has 2 aromatic rings. The van der Waals surface area contributed by atoms with Crippen LogP contribution in [0, 0.1) is 4.77 Å². The molecule has 1 aromatic carbocycles. The Morgan fingerprint density at radius 2 is 1.79 bits per heavy atom.